The van der Waals surface area contributed by atoms with Crippen LogP contribution >= 0.6 is 0 Å². The standard InChI is InChI=1S/C18H23NO/c1-5-18(6-2,19(3)4)17(20)16-12-11-14-9-7-8-10-15(14)13-16/h7-13H,5-6H2,1-4H3. The average molecular weight is 269 g/mol. The van der Waals surface area contributed by atoms with E-state index in [9.17, 15) is 4.79 Å². The highest BCUT2D eigenvalue weighted by Gasteiger charge is 2.37. The number of benzene rings is 2. The number of fused-ring (bicyclic) bond motifs is 1. The van der Waals surface area contributed by atoms with Crippen molar-refractivity contribution < 1.29 is 4.79 Å². The van der Waals surface area contributed by atoms with Gasteiger partial charge >= 0.3 is 0 Å². The Hall–Kier alpha value is -1.67. The van der Waals surface area contributed by atoms with Crippen molar-refractivity contribution in [2.75, 3.05) is 14.1 Å². The highest BCUT2D eigenvalue weighted by atomic mass is 16.1. The molecule has 0 aliphatic heterocycles. The van der Waals surface area contributed by atoms with Crippen LogP contribution in [0.25, 0.3) is 10.8 Å². The van der Waals surface area contributed by atoms with Gasteiger partial charge in [-0.25, -0.2) is 0 Å². The first-order chi connectivity index (χ1) is 9.55. The molecule has 2 nitrogen and oxygen atoms in total. The van der Waals surface area contributed by atoms with E-state index in [0.29, 0.717) is 0 Å². The summed E-state index contributed by atoms with van der Waals surface area (Å²) >= 11 is 0. The maximum absolute atomic E-state index is 13.0. The summed E-state index contributed by atoms with van der Waals surface area (Å²) < 4.78 is 0. The molecule has 2 rings (SSSR count). The molecule has 0 amide bonds. The van der Waals surface area contributed by atoms with Crippen LogP contribution in [0.5, 0.6) is 0 Å². The predicted octanol–water partition coefficient (Wildman–Crippen LogP) is 4.14. The summed E-state index contributed by atoms with van der Waals surface area (Å²) in [5.74, 6) is 0.221. The number of nitrogens with zero attached hydrogens (tertiary/aromatic N) is 1. The number of Topliss-reactive ketones (excluding diaryl/α,β-unsaturated/α-hetero) is 1. The maximum Gasteiger partial charge on any atom is 0.183 e. The fraction of sp³-hybridized carbons (Fsp3) is 0.389. The molecule has 0 unspecified atom stereocenters. The summed E-state index contributed by atoms with van der Waals surface area (Å²) in [5.41, 5.74) is 0.406. The highest BCUT2D eigenvalue weighted by molar-refractivity contribution is 6.05. The molecule has 0 N–H and O–H groups in total. The zero-order valence-electron chi connectivity index (χ0n) is 12.8. The molecule has 2 aromatic rings. The van der Waals surface area contributed by atoms with E-state index in [1.165, 1.54) is 5.39 Å². The van der Waals surface area contributed by atoms with Crippen molar-refractivity contribution in [1.82, 2.24) is 4.90 Å². The largest absolute Gasteiger partial charge is 0.297 e. The summed E-state index contributed by atoms with van der Waals surface area (Å²) in [4.78, 5) is 15.0. The van der Waals surface area contributed by atoms with Crippen molar-refractivity contribution in [3.63, 3.8) is 0 Å². The van der Waals surface area contributed by atoms with E-state index in [1.807, 2.05) is 44.4 Å². The third kappa shape index (κ3) is 2.36. The van der Waals surface area contributed by atoms with Crippen LogP contribution in [0.3, 0.4) is 0 Å². The molecule has 0 saturated carbocycles. The SMILES string of the molecule is CCC(CC)(C(=O)c1ccc2ccccc2c1)N(C)C. The number of carbonyl (C=O) groups excluding carboxylic acids is 1. The summed E-state index contributed by atoms with van der Waals surface area (Å²) in [6.45, 7) is 4.17. The van der Waals surface area contributed by atoms with Gasteiger partial charge in [0, 0.05) is 5.56 Å². The molecule has 2 aromatic carbocycles. The second-order valence-electron chi connectivity index (χ2n) is 5.52. The number of carbonyl (C=O) groups is 1. The average Bonchev–Trinajstić information content (AvgIpc) is 2.48. The Morgan fingerprint density at radius 3 is 2.15 bits per heavy atom. The van der Waals surface area contributed by atoms with Crippen LogP contribution in [0, 0.1) is 0 Å². The molecule has 0 aromatic heterocycles. The van der Waals surface area contributed by atoms with Crippen LogP contribution < -0.4 is 0 Å². The highest BCUT2D eigenvalue weighted by Crippen LogP contribution is 2.28. The van der Waals surface area contributed by atoms with Gasteiger partial charge in [-0.3, -0.25) is 9.69 Å². The Kier molecular flexibility index (Phi) is 4.24. The van der Waals surface area contributed by atoms with Gasteiger partial charge < -0.3 is 0 Å². The van der Waals surface area contributed by atoms with Gasteiger partial charge in [0.05, 0.1) is 5.54 Å². The van der Waals surface area contributed by atoms with Crippen LogP contribution in [0.15, 0.2) is 42.5 Å². The van der Waals surface area contributed by atoms with Crippen molar-refractivity contribution >= 4 is 16.6 Å². The minimum atomic E-state index is -0.400. The van der Waals surface area contributed by atoms with E-state index in [-0.39, 0.29) is 5.78 Å². The third-order valence-electron chi connectivity index (χ3n) is 4.46. The van der Waals surface area contributed by atoms with Gasteiger partial charge in [0.1, 0.15) is 0 Å². The fourth-order valence-electron chi connectivity index (χ4n) is 3.01. The Labute approximate surface area is 121 Å². The van der Waals surface area contributed by atoms with E-state index in [0.717, 1.165) is 23.8 Å². The molecule has 0 atom stereocenters. The summed E-state index contributed by atoms with van der Waals surface area (Å²) in [5, 5.41) is 2.30. The van der Waals surface area contributed by atoms with Crippen LogP contribution in [0.2, 0.25) is 0 Å². The van der Waals surface area contributed by atoms with Gasteiger partial charge in [-0.2, -0.15) is 0 Å². The second kappa shape index (κ2) is 5.76. The predicted molar refractivity (Wildman–Crippen MR) is 85.3 cm³/mol. The number of likely N-dealkylation sites (N-methyl/N-ethyl adjacent to an activating group) is 1. The quantitative estimate of drug-likeness (QED) is 0.760. The number of hydrogen-bond donors (Lipinski definition) is 0. The van der Waals surface area contributed by atoms with Gasteiger partial charge in [-0.15, -0.1) is 0 Å². The van der Waals surface area contributed by atoms with Gasteiger partial charge in [0.15, 0.2) is 5.78 Å². The molecule has 0 aliphatic rings. The minimum Gasteiger partial charge on any atom is -0.297 e. The van der Waals surface area contributed by atoms with Gasteiger partial charge in [0.2, 0.25) is 0 Å². The zero-order chi connectivity index (χ0) is 14.8. The number of rotatable bonds is 5. The molecular formula is C18H23NO. The Morgan fingerprint density at radius 2 is 1.60 bits per heavy atom. The van der Waals surface area contributed by atoms with Crippen molar-refractivity contribution in [1.29, 1.82) is 0 Å². The van der Waals surface area contributed by atoms with E-state index < -0.39 is 5.54 Å². The lowest BCUT2D eigenvalue weighted by Gasteiger charge is -2.37. The lowest BCUT2D eigenvalue weighted by Crippen LogP contribution is -2.50. The Morgan fingerprint density at radius 1 is 1.00 bits per heavy atom. The second-order valence-corrected chi connectivity index (χ2v) is 5.52. The molecule has 0 radical (unpaired) electrons. The van der Waals surface area contributed by atoms with Crippen LogP contribution in [-0.4, -0.2) is 30.3 Å². The Bertz CT molecular complexity index is 612. The van der Waals surface area contributed by atoms with Crippen molar-refractivity contribution in [3.05, 3.63) is 48.0 Å². The summed E-state index contributed by atoms with van der Waals surface area (Å²) in [6, 6.07) is 14.2. The molecule has 0 bridgehead atoms. The summed E-state index contributed by atoms with van der Waals surface area (Å²) in [7, 11) is 3.98. The number of ketones is 1. The first-order valence-electron chi connectivity index (χ1n) is 7.26. The lowest BCUT2D eigenvalue weighted by molar-refractivity contribution is 0.0656. The first kappa shape index (κ1) is 14.7. The monoisotopic (exact) mass is 269 g/mol. The van der Waals surface area contributed by atoms with Crippen LogP contribution in [0.1, 0.15) is 37.0 Å². The zero-order valence-corrected chi connectivity index (χ0v) is 12.8. The third-order valence-corrected chi connectivity index (χ3v) is 4.46. The van der Waals surface area contributed by atoms with Crippen molar-refractivity contribution in [2.45, 2.75) is 32.2 Å². The summed E-state index contributed by atoms with van der Waals surface area (Å²) in [6.07, 6.45) is 1.64. The van der Waals surface area contributed by atoms with Gasteiger partial charge in [-0.1, -0.05) is 50.2 Å². The van der Waals surface area contributed by atoms with E-state index in [4.69, 9.17) is 0 Å². The maximum atomic E-state index is 13.0. The normalized spacial score (nSPS) is 12.1. The molecule has 0 spiro atoms. The van der Waals surface area contributed by atoms with Crippen LogP contribution in [0.4, 0.5) is 0 Å². The number of hydrogen-bond acceptors (Lipinski definition) is 2. The lowest BCUT2D eigenvalue weighted by atomic mass is 9.83. The molecule has 20 heavy (non-hydrogen) atoms. The van der Waals surface area contributed by atoms with E-state index in [2.05, 4.69) is 30.9 Å². The van der Waals surface area contributed by atoms with Crippen LogP contribution in [-0.2, 0) is 0 Å². The Balaban J connectivity index is 2.49. The molecule has 0 fully saturated rings. The van der Waals surface area contributed by atoms with Gasteiger partial charge in [-0.05, 0) is 43.8 Å². The minimum absolute atomic E-state index is 0.221. The first-order valence-corrected chi connectivity index (χ1v) is 7.26. The topological polar surface area (TPSA) is 20.3 Å². The molecule has 0 heterocycles. The van der Waals surface area contributed by atoms with E-state index >= 15 is 0 Å². The van der Waals surface area contributed by atoms with Gasteiger partial charge in [0.25, 0.3) is 0 Å². The van der Waals surface area contributed by atoms with E-state index in [1.54, 1.807) is 0 Å². The smallest absolute Gasteiger partial charge is 0.183 e. The fourth-order valence-corrected chi connectivity index (χ4v) is 3.01. The molecular weight excluding hydrogens is 246 g/mol. The molecule has 106 valence electrons. The molecule has 0 saturated heterocycles. The molecule has 0 aliphatic carbocycles. The van der Waals surface area contributed by atoms with Crippen molar-refractivity contribution in [3.8, 4) is 0 Å². The molecule has 2 heteroatoms. The van der Waals surface area contributed by atoms with Crippen molar-refractivity contribution in [2.24, 2.45) is 0 Å².